The molecule has 1 aliphatic rings. The third kappa shape index (κ3) is 3.64. The molecule has 1 amide bonds. The van der Waals surface area contributed by atoms with Gasteiger partial charge in [0.25, 0.3) is 0 Å². The van der Waals surface area contributed by atoms with Crippen LogP contribution in [0.25, 0.3) is 11.3 Å². The quantitative estimate of drug-likeness (QED) is 0.880. The number of anilines is 1. The Balaban J connectivity index is 1.70. The normalized spacial score (nSPS) is 20.5. The second-order valence-electron chi connectivity index (χ2n) is 6.23. The smallest absolute Gasteiger partial charge is 0.307 e. The average molecular weight is 344 g/mol. The van der Waals surface area contributed by atoms with Crippen molar-refractivity contribution in [3.05, 3.63) is 35.2 Å². The zero-order valence-corrected chi connectivity index (χ0v) is 14.3. The van der Waals surface area contributed by atoms with E-state index in [2.05, 4.69) is 10.3 Å². The number of carbonyl (C=O) groups excluding carboxylic acids is 1. The van der Waals surface area contributed by atoms with Gasteiger partial charge in [0.05, 0.1) is 17.5 Å². The van der Waals surface area contributed by atoms with Crippen molar-refractivity contribution in [2.75, 3.05) is 5.32 Å². The number of carboxylic acids is 1. The van der Waals surface area contributed by atoms with Gasteiger partial charge in [-0.05, 0) is 19.8 Å². The Morgan fingerprint density at radius 3 is 2.50 bits per heavy atom. The molecule has 1 aromatic carbocycles. The Morgan fingerprint density at radius 1 is 1.17 bits per heavy atom. The van der Waals surface area contributed by atoms with E-state index in [4.69, 9.17) is 0 Å². The Bertz CT molecular complexity index is 739. The SMILES string of the molecule is Cc1ccc(-c2csc(NC(=O)C3CCCCC3C(=O)O)n2)cc1. The number of aromatic nitrogens is 1. The molecule has 0 saturated heterocycles. The highest BCUT2D eigenvalue weighted by Crippen LogP contribution is 2.32. The molecule has 1 heterocycles. The molecule has 0 spiro atoms. The van der Waals surface area contributed by atoms with Gasteiger partial charge < -0.3 is 10.4 Å². The van der Waals surface area contributed by atoms with Crippen LogP contribution in [0.2, 0.25) is 0 Å². The van der Waals surface area contributed by atoms with Gasteiger partial charge in [0.15, 0.2) is 5.13 Å². The van der Waals surface area contributed by atoms with Gasteiger partial charge in [-0.25, -0.2) is 4.98 Å². The highest BCUT2D eigenvalue weighted by Gasteiger charge is 2.35. The number of nitrogens with one attached hydrogen (secondary N) is 1. The number of nitrogens with zero attached hydrogens (tertiary/aromatic N) is 1. The minimum atomic E-state index is -0.880. The van der Waals surface area contributed by atoms with E-state index in [1.54, 1.807) is 0 Å². The van der Waals surface area contributed by atoms with E-state index in [-0.39, 0.29) is 5.91 Å². The van der Waals surface area contributed by atoms with Gasteiger partial charge in [-0.1, -0.05) is 42.7 Å². The minimum absolute atomic E-state index is 0.230. The van der Waals surface area contributed by atoms with Crippen molar-refractivity contribution in [3.8, 4) is 11.3 Å². The summed E-state index contributed by atoms with van der Waals surface area (Å²) in [6.45, 7) is 2.03. The lowest BCUT2D eigenvalue weighted by Gasteiger charge is -2.26. The van der Waals surface area contributed by atoms with Crippen LogP contribution < -0.4 is 5.32 Å². The van der Waals surface area contributed by atoms with E-state index < -0.39 is 17.8 Å². The average Bonchev–Trinajstić information content (AvgIpc) is 3.04. The molecule has 2 unspecified atom stereocenters. The molecule has 2 aromatic rings. The second-order valence-corrected chi connectivity index (χ2v) is 7.09. The summed E-state index contributed by atoms with van der Waals surface area (Å²) in [6, 6.07) is 8.04. The largest absolute Gasteiger partial charge is 0.481 e. The van der Waals surface area contributed by atoms with Crippen LogP contribution in [-0.2, 0) is 9.59 Å². The molecule has 2 atom stereocenters. The van der Waals surface area contributed by atoms with E-state index in [9.17, 15) is 14.7 Å². The summed E-state index contributed by atoms with van der Waals surface area (Å²) in [5.41, 5.74) is 2.99. The molecular formula is C18H20N2O3S. The Hall–Kier alpha value is -2.21. The van der Waals surface area contributed by atoms with Crippen LogP contribution in [-0.4, -0.2) is 22.0 Å². The number of benzene rings is 1. The zero-order valence-electron chi connectivity index (χ0n) is 13.5. The maximum absolute atomic E-state index is 12.5. The molecule has 24 heavy (non-hydrogen) atoms. The molecular weight excluding hydrogens is 324 g/mol. The van der Waals surface area contributed by atoms with Crippen molar-refractivity contribution in [2.24, 2.45) is 11.8 Å². The van der Waals surface area contributed by atoms with Crippen LogP contribution in [0.4, 0.5) is 5.13 Å². The maximum Gasteiger partial charge on any atom is 0.307 e. The summed E-state index contributed by atoms with van der Waals surface area (Å²) in [5, 5.41) is 14.5. The van der Waals surface area contributed by atoms with Crippen molar-refractivity contribution in [3.63, 3.8) is 0 Å². The number of carbonyl (C=O) groups is 2. The monoisotopic (exact) mass is 344 g/mol. The summed E-state index contributed by atoms with van der Waals surface area (Å²) in [7, 11) is 0. The van der Waals surface area contributed by atoms with Crippen LogP contribution in [0.15, 0.2) is 29.6 Å². The number of thiazole rings is 1. The predicted molar refractivity (Wildman–Crippen MR) is 94.0 cm³/mol. The Morgan fingerprint density at radius 2 is 1.83 bits per heavy atom. The molecule has 2 N–H and O–H groups in total. The van der Waals surface area contributed by atoms with Crippen LogP contribution in [0, 0.1) is 18.8 Å². The number of hydrogen-bond acceptors (Lipinski definition) is 4. The first-order chi connectivity index (χ1) is 11.5. The van der Waals surface area contributed by atoms with E-state index >= 15 is 0 Å². The molecule has 0 bridgehead atoms. The molecule has 1 aromatic heterocycles. The van der Waals surface area contributed by atoms with Gasteiger partial charge in [0.2, 0.25) is 5.91 Å². The number of aryl methyl sites for hydroxylation is 1. The first-order valence-corrected chi connectivity index (χ1v) is 8.99. The molecule has 126 valence electrons. The molecule has 5 nitrogen and oxygen atoms in total. The molecule has 1 fully saturated rings. The fraction of sp³-hybridized carbons (Fsp3) is 0.389. The highest BCUT2D eigenvalue weighted by atomic mass is 32.1. The van der Waals surface area contributed by atoms with Crippen LogP contribution >= 0.6 is 11.3 Å². The maximum atomic E-state index is 12.5. The van der Waals surface area contributed by atoms with Crippen molar-refractivity contribution < 1.29 is 14.7 Å². The lowest BCUT2D eigenvalue weighted by molar-refractivity contribution is -0.147. The van der Waals surface area contributed by atoms with E-state index in [0.717, 1.165) is 24.1 Å². The third-order valence-corrected chi connectivity index (χ3v) is 5.26. The number of hydrogen-bond donors (Lipinski definition) is 2. The lowest BCUT2D eigenvalue weighted by Crippen LogP contribution is -2.36. The van der Waals surface area contributed by atoms with Gasteiger partial charge in [-0.2, -0.15) is 0 Å². The lowest BCUT2D eigenvalue weighted by atomic mass is 9.79. The number of carboxylic acid groups (broad SMARTS) is 1. The van der Waals surface area contributed by atoms with Gasteiger partial charge in [0.1, 0.15) is 0 Å². The molecule has 6 heteroatoms. The standard InChI is InChI=1S/C18H20N2O3S/c1-11-6-8-12(9-7-11)15-10-24-18(19-15)20-16(21)13-4-2-3-5-14(13)17(22)23/h6-10,13-14H,2-5H2,1H3,(H,22,23)(H,19,20,21). The van der Waals surface area contributed by atoms with Gasteiger partial charge in [-0.15, -0.1) is 11.3 Å². The van der Waals surface area contributed by atoms with Crippen LogP contribution in [0.3, 0.4) is 0 Å². The Labute approximate surface area is 144 Å². The van der Waals surface area contributed by atoms with Crippen molar-refractivity contribution in [1.29, 1.82) is 0 Å². The summed E-state index contributed by atoms with van der Waals surface area (Å²) in [6.07, 6.45) is 2.96. The highest BCUT2D eigenvalue weighted by molar-refractivity contribution is 7.14. The Kier molecular flexibility index (Phi) is 4.94. The van der Waals surface area contributed by atoms with Crippen LogP contribution in [0.5, 0.6) is 0 Å². The van der Waals surface area contributed by atoms with Crippen molar-refractivity contribution >= 4 is 28.3 Å². The molecule has 1 saturated carbocycles. The zero-order chi connectivity index (χ0) is 17.1. The molecule has 0 aliphatic heterocycles. The van der Waals surface area contributed by atoms with Gasteiger partial charge >= 0.3 is 5.97 Å². The fourth-order valence-electron chi connectivity index (χ4n) is 3.13. The number of rotatable bonds is 4. The van der Waals surface area contributed by atoms with Crippen LogP contribution in [0.1, 0.15) is 31.2 Å². The second kappa shape index (κ2) is 7.13. The third-order valence-electron chi connectivity index (χ3n) is 4.50. The molecule has 1 aliphatic carbocycles. The van der Waals surface area contributed by atoms with Gasteiger partial charge in [-0.3, -0.25) is 9.59 Å². The van der Waals surface area contributed by atoms with E-state index in [1.807, 2.05) is 36.6 Å². The summed E-state index contributed by atoms with van der Waals surface area (Å²) < 4.78 is 0. The number of amides is 1. The topological polar surface area (TPSA) is 79.3 Å². The molecule has 0 radical (unpaired) electrons. The fourth-order valence-corrected chi connectivity index (χ4v) is 3.85. The molecule has 3 rings (SSSR count). The van der Waals surface area contributed by atoms with E-state index in [1.165, 1.54) is 16.9 Å². The minimum Gasteiger partial charge on any atom is -0.481 e. The first kappa shape index (κ1) is 16.6. The number of aliphatic carboxylic acids is 1. The predicted octanol–water partition coefficient (Wildman–Crippen LogP) is 3.95. The summed E-state index contributed by atoms with van der Waals surface area (Å²) in [4.78, 5) is 28.3. The van der Waals surface area contributed by atoms with Crippen molar-refractivity contribution in [2.45, 2.75) is 32.6 Å². The van der Waals surface area contributed by atoms with Crippen molar-refractivity contribution in [1.82, 2.24) is 4.98 Å². The summed E-state index contributed by atoms with van der Waals surface area (Å²) >= 11 is 1.36. The van der Waals surface area contributed by atoms with E-state index in [0.29, 0.717) is 18.0 Å². The summed E-state index contributed by atoms with van der Waals surface area (Å²) in [5.74, 6) is -2.17. The van der Waals surface area contributed by atoms with Gasteiger partial charge in [0, 0.05) is 10.9 Å². The first-order valence-electron chi connectivity index (χ1n) is 8.11.